The van der Waals surface area contributed by atoms with E-state index in [1.54, 1.807) is 60.7 Å². The van der Waals surface area contributed by atoms with Gasteiger partial charge in [0.15, 0.2) is 11.9 Å². The molecule has 8 rings (SSSR count). The number of carboxylic acid groups (broad SMARTS) is 1. The number of ether oxygens (including phenoxy) is 4. The highest BCUT2D eigenvalue weighted by atomic mass is 35.5. The Morgan fingerprint density at radius 3 is 2.23 bits per heavy atom. The van der Waals surface area contributed by atoms with Crippen LogP contribution >= 0.6 is 23.2 Å². The minimum Gasteiger partial charge on any atom is -0.489 e. The quantitative estimate of drug-likeness (QED) is 0.132. The Morgan fingerprint density at radius 1 is 0.855 bits per heavy atom. The number of carboxylic acids is 1. The molecule has 1 saturated heterocycles. The van der Waals surface area contributed by atoms with Crippen molar-refractivity contribution in [2.45, 2.75) is 69.5 Å². The zero-order valence-electron chi connectivity index (χ0n) is 33.4. The molecule has 0 saturated carbocycles. The molecule has 3 aliphatic heterocycles. The molecule has 316 valence electrons. The number of Topliss-reactive ketones (excluding diaryl/α,β-unsaturated/α-hetero) is 1. The molecule has 0 bridgehead atoms. The van der Waals surface area contributed by atoms with Crippen molar-refractivity contribution < 1.29 is 43.2 Å². The maximum atomic E-state index is 14.2. The second-order valence-corrected chi connectivity index (χ2v) is 16.3. The normalized spacial score (nSPS) is 17.7. The highest BCUT2D eigenvalue weighted by Gasteiger charge is 2.40. The van der Waals surface area contributed by atoms with E-state index in [1.807, 2.05) is 42.5 Å². The number of rotatable bonds is 11. The summed E-state index contributed by atoms with van der Waals surface area (Å²) in [6, 6.07) is 30.2. The van der Waals surface area contributed by atoms with E-state index in [2.05, 4.69) is 11.4 Å². The van der Waals surface area contributed by atoms with Crippen molar-refractivity contribution in [1.29, 1.82) is 5.26 Å². The van der Waals surface area contributed by atoms with Crippen LogP contribution in [0.15, 0.2) is 103 Å². The molecule has 3 atom stereocenters. The number of carbonyl (C=O) groups excluding carboxylic acids is 3. The Hall–Kier alpha value is -6.39. The topological polar surface area (TPSA) is 164 Å². The molecule has 0 radical (unpaired) electrons. The molecule has 3 aliphatic rings. The van der Waals surface area contributed by atoms with E-state index in [0.29, 0.717) is 75.4 Å². The molecule has 1 unspecified atom stereocenters. The second-order valence-electron chi connectivity index (χ2n) is 15.5. The van der Waals surface area contributed by atoms with Crippen molar-refractivity contribution in [2.24, 2.45) is 0 Å². The van der Waals surface area contributed by atoms with Crippen LogP contribution in [0.5, 0.6) is 11.5 Å². The summed E-state index contributed by atoms with van der Waals surface area (Å²) in [5.74, 6) is -0.941. The molecule has 2 amide bonds. The van der Waals surface area contributed by atoms with E-state index in [9.17, 15) is 24.3 Å². The number of amides is 2. The van der Waals surface area contributed by atoms with E-state index < -0.39 is 42.3 Å². The lowest BCUT2D eigenvalue weighted by Gasteiger charge is -2.38. The number of carbonyl (C=O) groups is 4. The molecule has 12 nitrogen and oxygen atoms in total. The van der Waals surface area contributed by atoms with Crippen LogP contribution in [0.2, 0.25) is 10.0 Å². The van der Waals surface area contributed by atoms with Gasteiger partial charge in [-0.25, -0.2) is 9.59 Å². The first kappa shape index (κ1) is 42.3. The van der Waals surface area contributed by atoms with Gasteiger partial charge in [0, 0.05) is 43.2 Å². The minimum atomic E-state index is -1.30. The van der Waals surface area contributed by atoms with Crippen LogP contribution in [0.4, 0.5) is 4.79 Å². The fourth-order valence-electron chi connectivity index (χ4n) is 7.88. The maximum absolute atomic E-state index is 14.2. The first-order valence-electron chi connectivity index (χ1n) is 20.2. The Balaban J connectivity index is 0.980. The Labute approximate surface area is 367 Å². The van der Waals surface area contributed by atoms with E-state index in [-0.39, 0.29) is 38.2 Å². The summed E-state index contributed by atoms with van der Waals surface area (Å²) in [6.07, 6.45) is -0.801. The van der Waals surface area contributed by atoms with Gasteiger partial charge < -0.3 is 29.4 Å². The van der Waals surface area contributed by atoms with Crippen LogP contribution in [-0.4, -0.2) is 65.2 Å². The summed E-state index contributed by atoms with van der Waals surface area (Å²) in [5, 5.41) is 23.0. The summed E-state index contributed by atoms with van der Waals surface area (Å²) in [4.78, 5) is 55.5. The zero-order chi connectivity index (χ0) is 43.3. The zero-order valence-corrected chi connectivity index (χ0v) is 34.9. The van der Waals surface area contributed by atoms with Gasteiger partial charge in [-0.15, -0.1) is 0 Å². The molecule has 0 spiro atoms. The van der Waals surface area contributed by atoms with Gasteiger partial charge in [0.05, 0.1) is 41.4 Å². The van der Waals surface area contributed by atoms with Gasteiger partial charge in [-0.3, -0.25) is 14.5 Å². The molecule has 1 fully saturated rings. The molecule has 3 heterocycles. The first-order chi connectivity index (χ1) is 30.0. The number of ketones is 1. The number of nitriles is 1. The number of nitrogens with zero attached hydrogens (tertiary/aromatic N) is 2. The third kappa shape index (κ3) is 9.71. The molecule has 14 heteroatoms. The maximum Gasteiger partial charge on any atom is 0.411 e. The lowest BCUT2D eigenvalue weighted by molar-refractivity contribution is -0.142. The van der Waals surface area contributed by atoms with Crippen molar-refractivity contribution in [2.75, 3.05) is 13.2 Å². The van der Waals surface area contributed by atoms with Crippen molar-refractivity contribution in [1.82, 2.24) is 10.2 Å². The highest BCUT2D eigenvalue weighted by molar-refractivity contribution is 6.42. The molecular formula is C48H41Cl2N3O9. The lowest BCUT2D eigenvalue weighted by atomic mass is 9.88. The standard InChI is InChI=1S/C48H41Cl2N3O9/c49-39-14-5-30(19-40(39)50)27-60-37-12-10-33(11-13-37)45-43(54)23-35-21-34-22-42(53(26-36(34)24-44(35)62-45)48(58)61-38-15-17-59-18-16-38)46(55)52-41(47(56)57)20-28-1-6-31(7-2-28)32-8-3-29(25-51)4-9-32/h1-14,19,21,24,38,41-42,45H,15-18,20,22-23,26-27H2,(H,52,55)(H,56,57)/t41-,42-,45?/m0/s1. The molecule has 5 aromatic carbocycles. The number of fused-ring (bicyclic) bond motifs is 2. The van der Waals surface area contributed by atoms with Crippen LogP contribution in [0, 0.1) is 11.3 Å². The smallest absolute Gasteiger partial charge is 0.411 e. The van der Waals surface area contributed by atoms with Gasteiger partial charge in [-0.2, -0.15) is 5.26 Å². The lowest BCUT2D eigenvalue weighted by Crippen LogP contribution is -2.56. The highest BCUT2D eigenvalue weighted by Crippen LogP contribution is 2.38. The molecule has 5 aromatic rings. The summed E-state index contributed by atoms with van der Waals surface area (Å²) in [5.41, 5.74) is 6.61. The van der Waals surface area contributed by atoms with E-state index in [0.717, 1.165) is 22.3 Å². The SMILES string of the molecule is N#Cc1ccc(-c2ccc(C[C@H](NC(=O)[C@@H]3Cc4cc5c(cc4CN3C(=O)OC3CCOCC3)OC(c3ccc(OCc4ccc(Cl)c(Cl)c4)cc3)C(=O)C5)C(=O)O)cc2)cc1. The molecule has 0 aromatic heterocycles. The van der Waals surface area contributed by atoms with Gasteiger partial charge in [-0.1, -0.05) is 83.9 Å². The van der Waals surface area contributed by atoms with Crippen LogP contribution in [-0.2, 0) is 56.3 Å². The molecule has 2 N–H and O–H groups in total. The summed E-state index contributed by atoms with van der Waals surface area (Å²) in [7, 11) is 0. The fraction of sp³-hybridized carbons (Fsp3) is 0.271. The predicted molar refractivity (Wildman–Crippen MR) is 229 cm³/mol. The van der Waals surface area contributed by atoms with Crippen LogP contribution in [0.1, 0.15) is 57.9 Å². The number of hydrogen-bond acceptors (Lipinski definition) is 9. The van der Waals surface area contributed by atoms with E-state index >= 15 is 0 Å². The largest absolute Gasteiger partial charge is 0.489 e. The average molecular weight is 875 g/mol. The third-order valence-electron chi connectivity index (χ3n) is 11.3. The van der Waals surface area contributed by atoms with Crippen molar-refractivity contribution in [3.8, 4) is 28.7 Å². The Kier molecular flexibility index (Phi) is 12.8. The molecule has 0 aliphatic carbocycles. The summed E-state index contributed by atoms with van der Waals surface area (Å²) in [6.45, 7) is 1.14. The first-order valence-corrected chi connectivity index (χ1v) is 20.9. The van der Waals surface area contributed by atoms with Crippen LogP contribution in [0.25, 0.3) is 11.1 Å². The van der Waals surface area contributed by atoms with Gasteiger partial charge >= 0.3 is 12.1 Å². The van der Waals surface area contributed by atoms with Gasteiger partial charge in [0.2, 0.25) is 5.91 Å². The van der Waals surface area contributed by atoms with Crippen molar-refractivity contribution in [3.63, 3.8) is 0 Å². The average Bonchev–Trinajstić information content (AvgIpc) is 3.28. The Bertz CT molecular complexity index is 2540. The van der Waals surface area contributed by atoms with E-state index in [1.165, 1.54) is 4.90 Å². The minimum absolute atomic E-state index is 0.00679. The summed E-state index contributed by atoms with van der Waals surface area (Å²) < 4.78 is 23.6. The molecule has 62 heavy (non-hydrogen) atoms. The van der Waals surface area contributed by atoms with E-state index in [4.69, 9.17) is 47.4 Å². The number of hydrogen-bond donors (Lipinski definition) is 2. The van der Waals surface area contributed by atoms with Gasteiger partial charge in [-0.05, 0) is 75.8 Å². The fourth-order valence-corrected chi connectivity index (χ4v) is 8.20. The predicted octanol–water partition coefficient (Wildman–Crippen LogP) is 8.21. The molecular weight excluding hydrogens is 833 g/mol. The number of halogens is 2. The third-order valence-corrected chi connectivity index (χ3v) is 12.1. The van der Waals surface area contributed by atoms with Gasteiger partial charge in [0.1, 0.15) is 36.3 Å². The summed E-state index contributed by atoms with van der Waals surface area (Å²) >= 11 is 12.2. The van der Waals surface area contributed by atoms with Crippen LogP contribution < -0.4 is 14.8 Å². The monoisotopic (exact) mass is 873 g/mol. The van der Waals surface area contributed by atoms with Crippen molar-refractivity contribution in [3.05, 3.63) is 152 Å². The van der Waals surface area contributed by atoms with Gasteiger partial charge in [0.25, 0.3) is 0 Å². The van der Waals surface area contributed by atoms with Crippen LogP contribution in [0.3, 0.4) is 0 Å². The number of aliphatic carboxylic acids is 1. The number of nitrogens with one attached hydrogen (secondary N) is 1. The Morgan fingerprint density at radius 2 is 1.55 bits per heavy atom. The van der Waals surface area contributed by atoms with Crippen molar-refractivity contribution >= 4 is 47.0 Å². The second kappa shape index (κ2) is 18.7. The number of benzene rings is 5.